The van der Waals surface area contributed by atoms with Gasteiger partial charge in [-0.15, -0.1) is 5.12 Å². The van der Waals surface area contributed by atoms with Crippen LogP contribution >= 0.6 is 0 Å². The van der Waals surface area contributed by atoms with E-state index < -0.39 is 5.91 Å². The van der Waals surface area contributed by atoms with Crippen LogP contribution in [0.25, 0.3) is 0 Å². The Morgan fingerprint density at radius 3 is 2.50 bits per heavy atom. The Kier molecular flexibility index (Phi) is 2.80. The molecule has 0 unspecified atom stereocenters. The Morgan fingerprint density at radius 2 is 2.00 bits per heavy atom. The SMILES string of the molecule is CCC(=O)N(F)c1ccccc1. The summed E-state index contributed by atoms with van der Waals surface area (Å²) in [5, 5.41) is 0.167. The molecule has 0 bridgehead atoms. The summed E-state index contributed by atoms with van der Waals surface area (Å²) in [5.74, 6) is -0.527. The third-order valence-electron chi connectivity index (χ3n) is 1.50. The van der Waals surface area contributed by atoms with E-state index in [1.165, 1.54) is 0 Å². The first-order chi connectivity index (χ1) is 5.75. The van der Waals surface area contributed by atoms with E-state index in [0.29, 0.717) is 0 Å². The van der Waals surface area contributed by atoms with Gasteiger partial charge in [-0.05, 0) is 12.1 Å². The predicted molar refractivity (Wildman–Crippen MR) is 45.3 cm³/mol. The van der Waals surface area contributed by atoms with Crippen molar-refractivity contribution in [3.8, 4) is 0 Å². The fourth-order valence-corrected chi connectivity index (χ4v) is 0.842. The molecule has 0 saturated carbocycles. The zero-order valence-electron chi connectivity index (χ0n) is 6.83. The van der Waals surface area contributed by atoms with E-state index in [-0.39, 0.29) is 17.2 Å². The largest absolute Gasteiger partial charge is 0.272 e. The quantitative estimate of drug-likeness (QED) is 0.619. The summed E-state index contributed by atoms with van der Waals surface area (Å²) in [7, 11) is 0. The molecule has 12 heavy (non-hydrogen) atoms. The van der Waals surface area contributed by atoms with E-state index in [4.69, 9.17) is 0 Å². The normalized spacial score (nSPS) is 9.50. The van der Waals surface area contributed by atoms with Gasteiger partial charge in [-0.2, -0.15) is 0 Å². The molecule has 64 valence electrons. The molecule has 2 nitrogen and oxygen atoms in total. The molecule has 1 rings (SSSR count). The van der Waals surface area contributed by atoms with Crippen molar-refractivity contribution in [1.82, 2.24) is 0 Å². The maximum Gasteiger partial charge on any atom is 0.254 e. The van der Waals surface area contributed by atoms with Gasteiger partial charge in [-0.3, -0.25) is 4.79 Å². The van der Waals surface area contributed by atoms with Crippen LogP contribution in [0.3, 0.4) is 0 Å². The van der Waals surface area contributed by atoms with Crippen molar-refractivity contribution in [2.45, 2.75) is 13.3 Å². The summed E-state index contributed by atoms with van der Waals surface area (Å²) in [6.45, 7) is 1.62. The first kappa shape index (κ1) is 8.71. The number of nitrogens with zero attached hydrogens (tertiary/aromatic N) is 1. The van der Waals surface area contributed by atoms with Crippen molar-refractivity contribution < 1.29 is 9.28 Å². The van der Waals surface area contributed by atoms with Crippen molar-refractivity contribution >= 4 is 11.6 Å². The first-order valence-corrected chi connectivity index (χ1v) is 3.79. The van der Waals surface area contributed by atoms with Crippen LogP contribution in [-0.4, -0.2) is 5.91 Å². The van der Waals surface area contributed by atoms with Gasteiger partial charge in [0.05, 0.1) is 5.69 Å². The first-order valence-electron chi connectivity index (χ1n) is 3.79. The van der Waals surface area contributed by atoms with E-state index in [1.807, 2.05) is 0 Å². The van der Waals surface area contributed by atoms with Crippen molar-refractivity contribution in [2.75, 3.05) is 5.12 Å². The Balaban J connectivity index is 2.78. The number of anilines is 1. The smallest absolute Gasteiger partial charge is 0.254 e. The third-order valence-corrected chi connectivity index (χ3v) is 1.50. The molecule has 1 aromatic rings. The van der Waals surface area contributed by atoms with Crippen LogP contribution in [0.2, 0.25) is 0 Å². The highest BCUT2D eigenvalue weighted by Gasteiger charge is 2.11. The molecule has 0 fully saturated rings. The van der Waals surface area contributed by atoms with Gasteiger partial charge in [-0.25, -0.2) is 0 Å². The van der Waals surface area contributed by atoms with Gasteiger partial charge in [0.2, 0.25) is 0 Å². The van der Waals surface area contributed by atoms with Crippen molar-refractivity contribution in [1.29, 1.82) is 0 Å². The number of benzene rings is 1. The van der Waals surface area contributed by atoms with Gasteiger partial charge in [0.25, 0.3) is 5.91 Å². The lowest BCUT2D eigenvalue weighted by Gasteiger charge is -2.09. The zero-order chi connectivity index (χ0) is 8.97. The van der Waals surface area contributed by atoms with Gasteiger partial charge < -0.3 is 0 Å². The fourth-order valence-electron chi connectivity index (χ4n) is 0.842. The van der Waals surface area contributed by atoms with Gasteiger partial charge in [-0.1, -0.05) is 29.6 Å². The molecular formula is C9H10FNO. The molecule has 0 radical (unpaired) electrons. The van der Waals surface area contributed by atoms with Crippen LogP contribution < -0.4 is 5.12 Å². The third kappa shape index (κ3) is 1.81. The number of hydrogen-bond donors (Lipinski definition) is 0. The molecule has 0 aliphatic rings. The summed E-state index contributed by atoms with van der Waals surface area (Å²) in [4.78, 5) is 10.9. The molecule has 0 heterocycles. The molecule has 0 atom stereocenters. The van der Waals surface area contributed by atoms with Crippen LogP contribution in [0.1, 0.15) is 13.3 Å². The Morgan fingerprint density at radius 1 is 1.42 bits per heavy atom. The monoisotopic (exact) mass is 167 g/mol. The molecule has 1 amide bonds. The summed E-state index contributed by atoms with van der Waals surface area (Å²) in [6.07, 6.45) is 0.172. The lowest BCUT2D eigenvalue weighted by atomic mass is 10.3. The topological polar surface area (TPSA) is 20.3 Å². The second-order valence-corrected chi connectivity index (χ2v) is 2.36. The van der Waals surface area contributed by atoms with Gasteiger partial charge in [0.15, 0.2) is 0 Å². The standard InChI is InChI=1S/C9H10FNO/c1-2-9(12)11(10)8-6-4-3-5-7-8/h3-7H,2H2,1H3. The molecule has 0 aromatic heterocycles. The highest BCUT2D eigenvalue weighted by Crippen LogP contribution is 2.14. The van der Waals surface area contributed by atoms with Crippen molar-refractivity contribution in [2.24, 2.45) is 0 Å². The summed E-state index contributed by atoms with van der Waals surface area (Å²) >= 11 is 0. The second kappa shape index (κ2) is 3.85. The van der Waals surface area contributed by atoms with E-state index in [1.54, 1.807) is 37.3 Å². The van der Waals surface area contributed by atoms with Crippen LogP contribution in [0.15, 0.2) is 30.3 Å². The number of halogens is 1. The summed E-state index contributed by atoms with van der Waals surface area (Å²) in [5.41, 5.74) is 0.282. The molecular weight excluding hydrogens is 157 g/mol. The fraction of sp³-hybridized carbons (Fsp3) is 0.222. The maximum absolute atomic E-state index is 13.0. The Bertz CT molecular complexity index is 260. The lowest BCUT2D eigenvalue weighted by Crippen LogP contribution is -2.20. The van der Waals surface area contributed by atoms with Crippen LogP contribution in [0.5, 0.6) is 0 Å². The summed E-state index contributed by atoms with van der Waals surface area (Å²) < 4.78 is 13.0. The zero-order valence-corrected chi connectivity index (χ0v) is 6.83. The molecule has 0 aliphatic heterocycles. The van der Waals surface area contributed by atoms with Crippen molar-refractivity contribution in [3.63, 3.8) is 0 Å². The number of carbonyl (C=O) groups excluding carboxylic acids is 1. The average molecular weight is 167 g/mol. The number of para-hydroxylation sites is 1. The molecule has 0 saturated heterocycles. The van der Waals surface area contributed by atoms with E-state index >= 15 is 0 Å². The van der Waals surface area contributed by atoms with Crippen LogP contribution in [0, 0.1) is 0 Å². The van der Waals surface area contributed by atoms with Gasteiger partial charge in [0, 0.05) is 6.42 Å². The second-order valence-electron chi connectivity index (χ2n) is 2.36. The van der Waals surface area contributed by atoms with Gasteiger partial charge >= 0.3 is 0 Å². The molecule has 0 spiro atoms. The van der Waals surface area contributed by atoms with Crippen molar-refractivity contribution in [3.05, 3.63) is 30.3 Å². The summed E-state index contributed by atoms with van der Waals surface area (Å²) in [6, 6.07) is 8.24. The lowest BCUT2D eigenvalue weighted by molar-refractivity contribution is -0.121. The minimum atomic E-state index is -0.527. The van der Waals surface area contributed by atoms with Crippen LogP contribution in [0.4, 0.5) is 10.2 Å². The molecule has 0 aliphatic carbocycles. The van der Waals surface area contributed by atoms with E-state index in [0.717, 1.165) is 0 Å². The predicted octanol–water partition coefficient (Wildman–Crippen LogP) is 2.31. The van der Waals surface area contributed by atoms with E-state index in [9.17, 15) is 9.28 Å². The number of hydrogen-bond acceptors (Lipinski definition) is 1. The average Bonchev–Trinajstić information content (AvgIpc) is 2.17. The minimum Gasteiger partial charge on any atom is -0.272 e. The highest BCUT2D eigenvalue weighted by atomic mass is 19.2. The number of rotatable bonds is 2. The number of carbonyl (C=O) groups is 1. The molecule has 0 N–H and O–H groups in total. The Hall–Kier alpha value is -1.38. The van der Waals surface area contributed by atoms with E-state index in [2.05, 4.69) is 0 Å². The molecule has 3 heteroatoms. The highest BCUT2D eigenvalue weighted by molar-refractivity contribution is 5.90. The Labute approximate surface area is 70.5 Å². The van der Waals surface area contributed by atoms with Gasteiger partial charge in [0.1, 0.15) is 0 Å². The number of amides is 1. The molecule has 1 aromatic carbocycles. The maximum atomic E-state index is 13.0. The minimum absolute atomic E-state index is 0.167. The van der Waals surface area contributed by atoms with Crippen LogP contribution in [-0.2, 0) is 4.79 Å².